The molecule has 0 atom stereocenters. The van der Waals surface area contributed by atoms with E-state index in [1.807, 2.05) is 0 Å². The fourth-order valence-corrected chi connectivity index (χ4v) is 4.63. The molecule has 0 bridgehead atoms. The maximum Gasteiger partial charge on any atom is 0.341 e. The monoisotopic (exact) mass is 416 g/mol. The van der Waals surface area contributed by atoms with Crippen LogP contribution in [0.3, 0.4) is 0 Å². The molecular formula is C21H24N2O5S. The average Bonchev–Trinajstić information content (AvgIpc) is 2.86. The summed E-state index contributed by atoms with van der Waals surface area (Å²) < 4.78 is 10.5. The van der Waals surface area contributed by atoms with Crippen molar-refractivity contribution in [2.75, 3.05) is 24.4 Å². The maximum atomic E-state index is 12.5. The third-order valence-corrected chi connectivity index (χ3v) is 5.83. The molecule has 2 amide bonds. The molecule has 2 N–H and O–H groups in total. The molecule has 8 heteroatoms. The minimum absolute atomic E-state index is 0.228. The topological polar surface area (TPSA) is 93.7 Å². The molecule has 154 valence electrons. The first-order valence-electron chi connectivity index (χ1n) is 9.51. The summed E-state index contributed by atoms with van der Waals surface area (Å²) >= 11 is 1.44. The Hall–Kier alpha value is -2.87. The molecule has 0 aliphatic heterocycles. The van der Waals surface area contributed by atoms with Crippen molar-refractivity contribution >= 4 is 39.8 Å². The molecule has 1 aliphatic carbocycles. The standard InChI is InChI=1S/C21H24N2O5S/c1-13(24)22-15-9-6-7-10-16(15)28-12-18(25)23-20-19(21(26)27-2)14-8-4-3-5-11-17(14)29-20/h6-7,9-10H,3-5,8,11-12H2,1-2H3,(H,22,24)(H,23,25). The Morgan fingerprint density at radius 3 is 2.59 bits per heavy atom. The smallest absolute Gasteiger partial charge is 0.341 e. The van der Waals surface area contributed by atoms with Crippen LogP contribution in [-0.4, -0.2) is 31.5 Å². The lowest BCUT2D eigenvalue weighted by Gasteiger charge is -2.12. The van der Waals surface area contributed by atoms with Gasteiger partial charge in [-0.3, -0.25) is 9.59 Å². The van der Waals surface area contributed by atoms with Gasteiger partial charge in [0.25, 0.3) is 5.91 Å². The minimum Gasteiger partial charge on any atom is -0.482 e. The highest BCUT2D eigenvalue weighted by atomic mass is 32.1. The van der Waals surface area contributed by atoms with E-state index in [0.29, 0.717) is 22.0 Å². The number of nitrogens with one attached hydrogen (secondary N) is 2. The minimum atomic E-state index is -0.434. The number of carbonyl (C=O) groups is 3. The molecule has 7 nitrogen and oxygen atoms in total. The lowest BCUT2D eigenvalue weighted by molar-refractivity contribution is -0.118. The first-order chi connectivity index (χ1) is 14.0. The van der Waals surface area contributed by atoms with Gasteiger partial charge in [0.1, 0.15) is 10.8 Å². The van der Waals surface area contributed by atoms with Crippen molar-refractivity contribution < 1.29 is 23.9 Å². The van der Waals surface area contributed by atoms with Gasteiger partial charge in [0.15, 0.2) is 6.61 Å². The molecule has 3 rings (SSSR count). The highest BCUT2D eigenvalue weighted by Crippen LogP contribution is 2.38. The fourth-order valence-electron chi connectivity index (χ4n) is 3.34. The van der Waals surface area contributed by atoms with Gasteiger partial charge in [-0.2, -0.15) is 0 Å². The predicted molar refractivity (Wildman–Crippen MR) is 112 cm³/mol. The molecule has 1 aromatic carbocycles. The van der Waals surface area contributed by atoms with Crippen LogP contribution in [0.15, 0.2) is 24.3 Å². The molecule has 1 aromatic heterocycles. The van der Waals surface area contributed by atoms with E-state index >= 15 is 0 Å². The second-order valence-electron chi connectivity index (χ2n) is 6.77. The Bertz CT molecular complexity index is 922. The Labute approximate surface area is 173 Å². The van der Waals surface area contributed by atoms with Crippen LogP contribution in [0.5, 0.6) is 5.75 Å². The number of anilines is 2. The van der Waals surface area contributed by atoms with Crippen LogP contribution in [0, 0.1) is 0 Å². The Morgan fingerprint density at radius 2 is 1.83 bits per heavy atom. The Kier molecular flexibility index (Phi) is 6.87. The van der Waals surface area contributed by atoms with Crippen LogP contribution < -0.4 is 15.4 Å². The summed E-state index contributed by atoms with van der Waals surface area (Å²) in [6.07, 6.45) is 4.94. The summed E-state index contributed by atoms with van der Waals surface area (Å²) in [4.78, 5) is 37.3. The van der Waals surface area contributed by atoms with Gasteiger partial charge in [0.2, 0.25) is 5.91 Å². The summed E-state index contributed by atoms with van der Waals surface area (Å²) in [6, 6.07) is 6.88. The van der Waals surface area contributed by atoms with Crippen LogP contribution in [0.4, 0.5) is 10.7 Å². The van der Waals surface area contributed by atoms with Crippen molar-refractivity contribution in [1.29, 1.82) is 0 Å². The molecule has 0 spiro atoms. The van der Waals surface area contributed by atoms with Crippen molar-refractivity contribution in [3.05, 3.63) is 40.3 Å². The Balaban J connectivity index is 1.73. The van der Waals surface area contributed by atoms with Crippen LogP contribution in [0.1, 0.15) is 47.0 Å². The molecule has 0 saturated carbocycles. The number of hydrogen-bond donors (Lipinski definition) is 2. The number of thiophene rings is 1. The number of carbonyl (C=O) groups excluding carboxylic acids is 3. The molecule has 0 radical (unpaired) electrons. The molecule has 0 saturated heterocycles. The van der Waals surface area contributed by atoms with E-state index in [-0.39, 0.29) is 18.4 Å². The van der Waals surface area contributed by atoms with Crippen molar-refractivity contribution in [1.82, 2.24) is 0 Å². The second-order valence-corrected chi connectivity index (χ2v) is 7.88. The molecule has 29 heavy (non-hydrogen) atoms. The summed E-state index contributed by atoms with van der Waals surface area (Å²) in [7, 11) is 1.34. The third-order valence-electron chi connectivity index (χ3n) is 4.62. The van der Waals surface area contributed by atoms with E-state index in [9.17, 15) is 14.4 Å². The number of benzene rings is 1. The zero-order valence-electron chi connectivity index (χ0n) is 16.5. The largest absolute Gasteiger partial charge is 0.482 e. The molecule has 2 aromatic rings. The average molecular weight is 416 g/mol. The summed E-state index contributed by atoms with van der Waals surface area (Å²) in [6.45, 7) is 1.15. The Morgan fingerprint density at radius 1 is 1.07 bits per heavy atom. The molecule has 1 aliphatic rings. The van der Waals surface area contributed by atoms with E-state index in [0.717, 1.165) is 42.5 Å². The second kappa shape index (κ2) is 9.56. The fraction of sp³-hybridized carbons (Fsp3) is 0.381. The number of rotatable bonds is 6. The van der Waals surface area contributed by atoms with Gasteiger partial charge in [0.05, 0.1) is 18.4 Å². The van der Waals surface area contributed by atoms with Crippen molar-refractivity contribution in [2.24, 2.45) is 0 Å². The van der Waals surface area contributed by atoms with Gasteiger partial charge in [-0.15, -0.1) is 11.3 Å². The SMILES string of the molecule is COC(=O)c1c(NC(=O)COc2ccccc2NC(C)=O)sc2c1CCCCC2. The first-order valence-corrected chi connectivity index (χ1v) is 10.3. The number of aryl methyl sites for hydroxylation is 1. The van der Waals surface area contributed by atoms with Crippen LogP contribution in [0.25, 0.3) is 0 Å². The van der Waals surface area contributed by atoms with E-state index in [2.05, 4.69) is 10.6 Å². The predicted octanol–water partition coefficient (Wildman–Crippen LogP) is 3.78. The number of para-hydroxylation sites is 2. The number of hydrogen-bond acceptors (Lipinski definition) is 6. The highest BCUT2D eigenvalue weighted by Gasteiger charge is 2.26. The quantitative estimate of drug-likeness (QED) is 0.552. The normalized spacial score (nSPS) is 13.0. The van der Waals surface area contributed by atoms with E-state index in [4.69, 9.17) is 9.47 Å². The van der Waals surface area contributed by atoms with Gasteiger partial charge >= 0.3 is 5.97 Å². The third kappa shape index (κ3) is 5.14. The van der Waals surface area contributed by atoms with Crippen LogP contribution in [-0.2, 0) is 27.2 Å². The van der Waals surface area contributed by atoms with Crippen molar-refractivity contribution in [3.63, 3.8) is 0 Å². The number of ether oxygens (including phenoxy) is 2. The van der Waals surface area contributed by atoms with E-state index in [1.165, 1.54) is 25.4 Å². The molecule has 0 fully saturated rings. The number of amides is 2. The number of esters is 1. The molecule has 0 unspecified atom stereocenters. The maximum absolute atomic E-state index is 12.5. The number of fused-ring (bicyclic) bond motifs is 1. The lowest BCUT2D eigenvalue weighted by atomic mass is 10.1. The van der Waals surface area contributed by atoms with E-state index in [1.54, 1.807) is 24.3 Å². The zero-order chi connectivity index (χ0) is 20.8. The first kappa shape index (κ1) is 20.9. The van der Waals surface area contributed by atoms with Crippen LogP contribution in [0.2, 0.25) is 0 Å². The van der Waals surface area contributed by atoms with Gasteiger partial charge in [-0.05, 0) is 43.4 Å². The van der Waals surface area contributed by atoms with E-state index < -0.39 is 5.97 Å². The summed E-state index contributed by atoms with van der Waals surface area (Å²) in [5.74, 6) is -0.651. The van der Waals surface area contributed by atoms with Crippen molar-refractivity contribution in [2.45, 2.75) is 39.0 Å². The summed E-state index contributed by atoms with van der Waals surface area (Å²) in [5, 5.41) is 5.97. The lowest BCUT2D eigenvalue weighted by Crippen LogP contribution is -2.21. The van der Waals surface area contributed by atoms with Gasteiger partial charge in [-0.25, -0.2) is 4.79 Å². The van der Waals surface area contributed by atoms with Crippen LogP contribution >= 0.6 is 11.3 Å². The zero-order valence-corrected chi connectivity index (χ0v) is 17.3. The molecule has 1 heterocycles. The van der Waals surface area contributed by atoms with Gasteiger partial charge in [-0.1, -0.05) is 18.6 Å². The van der Waals surface area contributed by atoms with Gasteiger partial charge in [0, 0.05) is 11.8 Å². The number of methoxy groups -OCH3 is 1. The molecular weight excluding hydrogens is 392 g/mol. The highest BCUT2D eigenvalue weighted by molar-refractivity contribution is 7.17. The summed E-state index contributed by atoms with van der Waals surface area (Å²) in [5.41, 5.74) is 1.94. The van der Waals surface area contributed by atoms with Gasteiger partial charge < -0.3 is 20.1 Å². The van der Waals surface area contributed by atoms with Crippen molar-refractivity contribution in [3.8, 4) is 5.75 Å².